The fraction of sp³-hybridized carbons (Fsp3) is 0.650. The van der Waals surface area contributed by atoms with E-state index < -0.39 is 10.0 Å². The average molecular weight is 395 g/mol. The third kappa shape index (κ3) is 5.69. The van der Waals surface area contributed by atoms with Gasteiger partial charge in [0.1, 0.15) is 12.4 Å². The normalized spacial score (nSPS) is 23.7. The number of aryl methyl sites for hydroxylation is 1. The molecule has 0 saturated carbocycles. The minimum Gasteiger partial charge on any atom is -0.492 e. The summed E-state index contributed by atoms with van der Waals surface area (Å²) in [7, 11) is -3.32. The molecule has 1 saturated heterocycles. The highest BCUT2D eigenvalue weighted by Crippen LogP contribution is 2.24. The minimum absolute atomic E-state index is 0.160. The van der Waals surface area contributed by atoms with Crippen LogP contribution in [0.5, 0.6) is 5.75 Å². The predicted molar refractivity (Wildman–Crippen MR) is 105 cm³/mol. The Kier molecular flexibility index (Phi) is 6.76. The number of ether oxygens (including phenoxy) is 1. The first-order chi connectivity index (χ1) is 12.9. The molecule has 0 aliphatic carbocycles. The summed E-state index contributed by atoms with van der Waals surface area (Å²) in [6.45, 7) is 1.78. The molecule has 1 fully saturated rings. The molecule has 0 aromatic heterocycles. The number of carbonyl (C=O) groups is 1. The Morgan fingerprint density at radius 1 is 1.04 bits per heavy atom. The molecule has 2 aliphatic heterocycles. The molecule has 1 amide bonds. The Bertz CT molecular complexity index is 750. The van der Waals surface area contributed by atoms with Crippen molar-refractivity contribution in [1.82, 2.24) is 9.21 Å². The van der Waals surface area contributed by atoms with Crippen LogP contribution in [-0.4, -0.2) is 62.1 Å². The van der Waals surface area contributed by atoms with Gasteiger partial charge in [-0.05, 0) is 56.2 Å². The van der Waals surface area contributed by atoms with Gasteiger partial charge in [-0.25, -0.2) is 8.42 Å². The lowest BCUT2D eigenvalue weighted by atomic mass is 9.95. The van der Waals surface area contributed by atoms with Crippen molar-refractivity contribution < 1.29 is 17.9 Å². The summed E-state index contributed by atoms with van der Waals surface area (Å²) >= 11 is 0. The fourth-order valence-electron chi connectivity index (χ4n) is 4.01. The van der Waals surface area contributed by atoms with Crippen LogP contribution in [0.15, 0.2) is 24.3 Å². The number of fused-ring (bicyclic) bond motifs is 3. The Hall–Kier alpha value is -1.60. The Balaban J connectivity index is 1.79. The number of hydrogen-bond donors (Lipinski definition) is 0. The van der Waals surface area contributed by atoms with Crippen LogP contribution in [0.2, 0.25) is 0 Å². The van der Waals surface area contributed by atoms with E-state index in [2.05, 4.69) is 6.07 Å². The average Bonchev–Trinajstić information content (AvgIpc) is 2.64. The lowest BCUT2D eigenvalue weighted by Gasteiger charge is -2.36. The Morgan fingerprint density at radius 3 is 2.70 bits per heavy atom. The first kappa shape index (κ1) is 20.1. The molecule has 1 aromatic rings. The second-order valence-electron chi connectivity index (χ2n) is 7.54. The molecule has 1 aromatic carbocycles. The third-order valence-electron chi connectivity index (χ3n) is 5.49. The van der Waals surface area contributed by atoms with Crippen molar-refractivity contribution in [2.24, 2.45) is 0 Å². The number of sulfonamides is 1. The number of carbonyl (C=O) groups excluding carboxylic acids is 1. The number of hydrogen-bond acceptors (Lipinski definition) is 4. The number of amides is 1. The van der Waals surface area contributed by atoms with E-state index in [4.69, 9.17) is 4.74 Å². The van der Waals surface area contributed by atoms with Gasteiger partial charge in [-0.3, -0.25) is 4.79 Å². The van der Waals surface area contributed by atoms with Gasteiger partial charge < -0.3 is 9.64 Å². The van der Waals surface area contributed by atoms with Gasteiger partial charge in [0.05, 0.1) is 6.26 Å². The molecule has 6 nitrogen and oxygen atoms in total. The van der Waals surface area contributed by atoms with Crippen LogP contribution in [0.1, 0.15) is 44.1 Å². The van der Waals surface area contributed by atoms with Crippen LogP contribution in [-0.2, 0) is 21.2 Å². The molecule has 1 atom stereocenters. The van der Waals surface area contributed by atoms with E-state index in [-0.39, 0.29) is 11.9 Å². The molecule has 2 heterocycles. The second-order valence-corrected chi connectivity index (χ2v) is 9.52. The van der Waals surface area contributed by atoms with Crippen LogP contribution >= 0.6 is 0 Å². The van der Waals surface area contributed by atoms with Gasteiger partial charge in [-0.1, -0.05) is 12.1 Å². The Morgan fingerprint density at radius 2 is 1.89 bits per heavy atom. The van der Waals surface area contributed by atoms with E-state index >= 15 is 0 Å². The predicted octanol–water partition coefficient (Wildman–Crippen LogP) is 2.43. The molecule has 0 spiro atoms. The molecular weight excluding hydrogens is 364 g/mol. The van der Waals surface area contributed by atoms with Crippen molar-refractivity contribution >= 4 is 15.9 Å². The quantitative estimate of drug-likeness (QED) is 0.734. The van der Waals surface area contributed by atoms with E-state index in [9.17, 15) is 13.2 Å². The maximum absolute atomic E-state index is 12.8. The summed E-state index contributed by atoms with van der Waals surface area (Å²) in [6, 6.07) is 8.28. The van der Waals surface area contributed by atoms with Crippen molar-refractivity contribution in [3.63, 3.8) is 0 Å². The summed E-state index contributed by atoms with van der Waals surface area (Å²) in [4.78, 5) is 14.8. The smallest absolute Gasteiger partial charge is 0.222 e. The molecule has 150 valence electrons. The Labute approximate surface area is 162 Å². The topological polar surface area (TPSA) is 66.9 Å². The molecule has 0 radical (unpaired) electrons. The second kappa shape index (κ2) is 9.06. The van der Waals surface area contributed by atoms with E-state index in [1.54, 1.807) is 0 Å². The van der Waals surface area contributed by atoms with E-state index in [1.165, 1.54) is 22.5 Å². The molecule has 7 heteroatoms. The standard InChI is InChI=1S/C20H30N2O4S/c1-27(24,25)21-12-5-9-20(23)22-13-3-2-7-18(22)11-10-17-6-4-8-19(16-17)26-15-14-21/h4,6,8,16,18H,2-3,5,7,9-15H2,1H3. The van der Waals surface area contributed by atoms with Crippen molar-refractivity contribution in [3.05, 3.63) is 29.8 Å². The maximum Gasteiger partial charge on any atom is 0.222 e. The molecule has 3 rings (SSSR count). The highest BCUT2D eigenvalue weighted by molar-refractivity contribution is 7.88. The highest BCUT2D eigenvalue weighted by Gasteiger charge is 2.26. The van der Waals surface area contributed by atoms with Crippen molar-refractivity contribution in [2.45, 2.75) is 51.0 Å². The first-order valence-corrected chi connectivity index (χ1v) is 11.7. The molecule has 27 heavy (non-hydrogen) atoms. The van der Waals surface area contributed by atoms with Gasteiger partial charge in [0.25, 0.3) is 0 Å². The minimum atomic E-state index is -3.32. The fourth-order valence-corrected chi connectivity index (χ4v) is 4.88. The van der Waals surface area contributed by atoms with Gasteiger partial charge in [0.15, 0.2) is 0 Å². The third-order valence-corrected chi connectivity index (χ3v) is 6.79. The van der Waals surface area contributed by atoms with E-state index in [1.807, 2.05) is 23.1 Å². The van der Waals surface area contributed by atoms with Gasteiger partial charge in [0.2, 0.25) is 15.9 Å². The largest absolute Gasteiger partial charge is 0.492 e. The molecule has 1 unspecified atom stereocenters. The van der Waals surface area contributed by atoms with Crippen molar-refractivity contribution in [3.8, 4) is 5.75 Å². The van der Waals surface area contributed by atoms with E-state index in [0.717, 1.165) is 38.0 Å². The molecule has 0 N–H and O–H groups in total. The van der Waals surface area contributed by atoms with Crippen molar-refractivity contribution in [1.29, 1.82) is 0 Å². The highest BCUT2D eigenvalue weighted by atomic mass is 32.2. The van der Waals surface area contributed by atoms with Crippen LogP contribution in [0.3, 0.4) is 0 Å². The van der Waals surface area contributed by atoms with Crippen molar-refractivity contribution in [2.75, 3.05) is 32.5 Å². The number of rotatable bonds is 1. The molecular formula is C20H30N2O4S. The lowest BCUT2D eigenvalue weighted by molar-refractivity contribution is -0.135. The summed E-state index contributed by atoms with van der Waals surface area (Å²) in [5, 5.41) is 0. The zero-order valence-corrected chi connectivity index (χ0v) is 16.9. The first-order valence-electron chi connectivity index (χ1n) is 9.90. The van der Waals surface area contributed by atoms with Crippen LogP contribution in [0.25, 0.3) is 0 Å². The summed E-state index contributed by atoms with van der Waals surface area (Å²) in [5.74, 6) is 0.931. The van der Waals surface area contributed by atoms with Crippen LogP contribution in [0.4, 0.5) is 0 Å². The summed E-state index contributed by atoms with van der Waals surface area (Å²) in [5.41, 5.74) is 1.19. The van der Waals surface area contributed by atoms with Gasteiger partial charge in [-0.15, -0.1) is 0 Å². The van der Waals surface area contributed by atoms with Crippen LogP contribution < -0.4 is 4.74 Å². The summed E-state index contributed by atoms with van der Waals surface area (Å²) in [6.07, 6.45) is 7.31. The number of nitrogens with zero attached hydrogens (tertiary/aromatic N) is 2. The monoisotopic (exact) mass is 394 g/mol. The van der Waals surface area contributed by atoms with Crippen LogP contribution in [0, 0.1) is 0 Å². The lowest BCUT2D eigenvalue weighted by Crippen LogP contribution is -2.44. The zero-order chi connectivity index (χ0) is 19.3. The SMILES string of the molecule is CS(=O)(=O)N1CCCC(=O)N2CCCCC2CCc2cccc(c2)OCC1. The number of piperidine rings is 1. The van der Waals surface area contributed by atoms with Gasteiger partial charge >= 0.3 is 0 Å². The zero-order valence-electron chi connectivity index (χ0n) is 16.1. The summed E-state index contributed by atoms with van der Waals surface area (Å²) < 4.78 is 31.3. The number of benzene rings is 1. The van der Waals surface area contributed by atoms with Gasteiger partial charge in [-0.2, -0.15) is 4.31 Å². The molecule has 2 aliphatic rings. The molecule has 2 bridgehead atoms. The maximum atomic E-state index is 12.8. The van der Waals surface area contributed by atoms with E-state index in [0.29, 0.717) is 32.5 Å². The van der Waals surface area contributed by atoms with Gasteiger partial charge in [0, 0.05) is 32.1 Å².